The summed E-state index contributed by atoms with van der Waals surface area (Å²) in [5, 5.41) is 3.41. The topological polar surface area (TPSA) is 63.9 Å². The first-order valence-corrected chi connectivity index (χ1v) is 9.03. The van der Waals surface area contributed by atoms with E-state index in [-0.39, 0.29) is 18.6 Å². The molecule has 7 heteroatoms. The SMILES string of the molecule is Cc1ccc([C@@H](CNC(=O)COc2ccccc2Cl)N2CCOCC2)o1. The van der Waals surface area contributed by atoms with E-state index < -0.39 is 0 Å². The van der Waals surface area contributed by atoms with Crippen LogP contribution in [0.1, 0.15) is 17.6 Å². The normalized spacial score (nSPS) is 16.2. The van der Waals surface area contributed by atoms with Crippen LogP contribution in [-0.4, -0.2) is 50.3 Å². The lowest BCUT2D eigenvalue weighted by molar-refractivity contribution is -0.123. The molecule has 1 aliphatic heterocycles. The molecule has 1 aromatic heterocycles. The number of morpholine rings is 1. The molecule has 1 atom stereocenters. The molecule has 0 bridgehead atoms. The Kier molecular flexibility index (Phi) is 6.55. The summed E-state index contributed by atoms with van der Waals surface area (Å²) in [7, 11) is 0. The van der Waals surface area contributed by atoms with Crippen LogP contribution in [0.4, 0.5) is 0 Å². The number of hydrogen-bond donors (Lipinski definition) is 1. The maximum absolute atomic E-state index is 12.2. The number of aryl methyl sites for hydroxylation is 1. The van der Waals surface area contributed by atoms with Crippen molar-refractivity contribution in [2.45, 2.75) is 13.0 Å². The molecule has 1 amide bonds. The van der Waals surface area contributed by atoms with Gasteiger partial charge in [0.15, 0.2) is 6.61 Å². The van der Waals surface area contributed by atoms with Crippen LogP contribution in [-0.2, 0) is 9.53 Å². The second-order valence-electron chi connectivity index (χ2n) is 6.14. The molecule has 0 aliphatic carbocycles. The van der Waals surface area contributed by atoms with Gasteiger partial charge < -0.3 is 19.2 Å². The van der Waals surface area contributed by atoms with E-state index in [9.17, 15) is 4.79 Å². The lowest BCUT2D eigenvalue weighted by atomic mass is 10.1. The van der Waals surface area contributed by atoms with E-state index in [1.54, 1.807) is 12.1 Å². The van der Waals surface area contributed by atoms with Gasteiger partial charge in [0.25, 0.3) is 5.91 Å². The van der Waals surface area contributed by atoms with Crippen molar-refractivity contribution in [3.63, 3.8) is 0 Å². The number of halogens is 1. The summed E-state index contributed by atoms with van der Waals surface area (Å²) in [6, 6.07) is 10.9. The number of amides is 1. The molecule has 2 aromatic rings. The largest absolute Gasteiger partial charge is 0.482 e. The fraction of sp³-hybridized carbons (Fsp3) is 0.421. The van der Waals surface area contributed by atoms with Crippen LogP contribution >= 0.6 is 11.6 Å². The average molecular weight is 379 g/mol. The lowest BCUT2D eigenvalue weighted by Crippen LogP contribution is -2.44. The number of carbonyl (C=O) groups excluding carboxylic acids is 1. The summed E-state index contributed by atoms with van der Waals surface area (Å²) >= 11 is 6.03. The van der Waals surface area contributed by atoms with Crippen molar-refractivity contribution in [3.05, 3.63) is 52.9 Å². The number of hydrogen-bond acceptors (Lipinski definition) is 5. The van der Waals surface area contributed by atoms with E-state index in [1.807, 2.05) is 31.2 Å². The number of carbonyl (C=O) groups is 1. The van der Waals surface area contributed by atoms with Crippen molar-refractivity contribution in [2.24, 2.45) is 0 Å². The maximum Gasteiger partial charge on any atom is 0.258 e. The van der Waals surface area contributed by atoms with Gasteiger partial charge in [0.2, 0.25) is 0 Å². The molecule has 1 aromatic carbocycles. The van der Waals surface area contributed by atoms with Crippen LogP contribution in [0.25, 0.3) is 0 Å². The highest BCUT2D eigenvalue weighted by Crippen LogP contribution is 2.24. The zero-order chi connectivity index (χ0) is 18.4. The number of nitrogens with one attached hydrogen (secondary N) is 1. The maximum atomic E-state index is 12.2. The molecule has 2 heterocycles. The molecule has 26 heavy (non-hydrogen) atoms. The highest BCUT2D eigenvalue weighted by Gasteiger charge is 2.25. The molecule has 140 valence electrons. The minimum absolute atomic E-state index is 0.0307. The summed E-state index contributed by atoms with van der Waals surface area (Å²) in [5.41, 5.74) is 0. The molecule has 0 radical (unpaired) electrons. The summed E-state index contributed by atoms with van der Waals surface area (Å²) in [5.74, 6) is 1.99. The first-order valence-electron chi connectivity index (χ1n) is 8.65. The fourth-order valence-corrected chi connectivity index (χ4v) is 3.09. The smallest absolute Gasteiger partial charge is 0.258 e. The first kappa shape index (κ1) is 18.8. The third kappa shape index (κ3) is 5.00. The molecule has 6 nitrogen and oxygen atoms in total. The van der Waals surface area contributed by atoms with E-state index in [0.29, 0.717) is 30.5 Å². The second-order valence-corrected chi connectivity index (χ2v) is 6.54. The third-order valence-corrected chi connectivity index (χ3v) is 4.58. The van der Waals surface area contributed by atoms with Crippen molar-refractivity contribution in [1.29, 1.82) is 0 Å². The van der Waals surface area contributed by atoms with Gasteiger partial charge in [-0.2, -0.15) is 0 Å². The van der Waals surface area contributed by atoms with Gasteiger partial charge >= 0.3 is 0 Å². The van der Waals surface area contributed by atoms with Gasteiger partial charge in [-0.15, -0.1) is 0 Å². The molecule has 1 N–H and O–H groups in total. The highest BCUT2D eigenvalue weighted by atomic mass is 35.5. The minimum Gasteiger partial charge on any atom is -0.482 e. The zero-order valence-corrected chi connectivity index (χ0v) is 15.5. The number of ether oxygens (including phenoxy) is 2. The van der Waals surface area contributed by atoms with Crippen LogP contribution in [0.5, 0.6) is 5.75 Å². The van der Waals surface area contributed by atoms with Crippen molar-refractivity contribution < 1.29 is 18.7 Å². The van der Waals surface area contributed by atoms with Crippen LogP contribution < -0.4 is 10.1 Å². The Hall–Kier alpha value is -2.02. The molecule has 1 fully saturated rings. The number of nitrogens with zero attached hydrogens (tertiary/aromatic N) is 1. The van der Waals surface area contributed by atoms with Crippen molar-refractivity contribution in [2.75, 3.05) is 39.5 Å². The Labute approximate surface area is 158 Å². The van der Waals surface area contributed by atoms with E-state index in [0.717, 1.165) is 24.6 Å². The van der Waals surface area contributed by atoms with Gasteiger partial charge in [0, 0.05) is 19.6 Å². The van der Waals surface area contributed by atoms with Crippen molar-refractivity contribution in [1.82, 2.24) is 10.2 Å². The predicted octanol–water partition coefficient (Wildman–Crippen LogP) is 2.81. The van der Waals surface area contributed by atoms with E-state index in [2.05, 4.69) is 10.2 Å². The van der Waals surface area contributed by atoms with Gasteiger partial charge in [-0.05, 0) is 31.2 Å². The number of rotatable bonds is 7. The van der Waals surface area contributed by atoms with Crippen LogP contribution in [0.15, 0.2) is 40.8 Å². The quantitative estimate of drug-likeness (QED) is 0.802. The average Bonchev–Trinajstić information content (AvgIpc) is 3.08. The van der Waals surface area contributed by atoms with E-state index >= 15 is 0 Å². The standard InChI is InChI=1S/C19H23ClN2O4/c1-14-6-7-18(26-14)16(22-8-10-24-11-9-22)12-21-19(23)13-25-17-5-3-2-4-15(17)20/h2-7,16H,8-13H2,1H3,(H,21,23)/t16-/m1/s1. The number of furan rings is 1. The Morgan fingerprint density at radius 3 is 2.73 bits per heavy atom. The first-order chi connectivity index (χ1) is 12.6. The molecule has 1 saturated heterocycles. The van der Waals surface area contributed by atoms with Crippen molar-refractivity contribution >= 4 is 17.5 Å². The molecule has 1 aliphatic rings. The Morgan fingerprint density at radius 2 is 2.04 bits per heavy atom. The molecule has 3 rings (SSSR count). The van der Waals surface area contributed by atoms with Crippen molar-refractivity contribution in [3.8, 4) is 5.75 Å². The summed E-state index contributed by atoms with van der Waals surface area (Å²) < 4.78 is 16.7. The Morgan fingerprint density at radius 1 is 1.27 bits per heavy atom. The van der Waals surface area contributed by atoms with Crippen LogP contribution in [0, 0.1) is 6.92 Å². The van der Waals surface area contributed by atoms with E-state index in [1.165, 1.54) is 0 Å². The molecule has 0 spiro atoms. The monoisotopic (exact) mass is 378 g/mol. The number of para-hydroxylation sites is 1. The van der Waals surface area contributed by atoms with Gasteiger partial charge in [-0.25, -0.2) is 0 Å². The summed E-state index contributed by atoms with van der Waals surface area (Å²) in [6.45, 7) is 5.23. The van der Waals surface area contributed by atoms with Gasteiger partial charge in [-0.3, -0.25) is 9.69 Å². The summed E-state index contributed by atoms with van der Waals surface area (Å²) in [6.07, 6.45) is 0. The molecular weight excluding hydrogens is 356 g/mol. The van der Waals surface area contributed by atoms with Gasteiger partial charge in [0.05, 0.1) is 24.3 Å². The Balaban J connectivity index is 1.56. The Bertz CT molecular complexity index is 728. The van der Waals surface area contributed by atoms with Crippen LogP contribution in [0.3, 0.4) is 0 Å². The molecule has 0 saturated carbocycles. The number of benzene rings is 1. The fourth-order valence-electron chi connectivity index (χ4n) is 2.90. The van der Waals surface area contributed by atoms with Crippen LogP contribution in [0.2, 0.25) is 5.02 Å². The second kappa shape index (κ2) is 9.07. The van der Waals surface area contributed by atoms with Gasteiger partial charge in [-0.1, -0.05) is 23.7 Å². The van der Waals surface area contributed by atoms with E-state index in [4.69, 9.17) is 25.5 Å². The highest BCUT2D eigenvalue weighted by molar-refractivity contribution is 6.32. The zero-order valence-electron chi connectivity index (χ0n) is 14.7. The third-order valence-electron chi connectivity index (χ3n) is 4.26. The minimum atomic E-state index is -0.202. The lowest BCUT2D eigenvalue weighted by Gasteiger charge is -2.33. The molecular formula is C19H23ClN2O4. The van der Waals surface area contributed by atoms with Gasteiger partial charge in [0.1, 0.15) is 17.3 Å². The molecule has 0 unspecified atom stereocenters. The predicted molar refractivity (Wildman–Crippen MR) is 98.5 cm³/mol. The summed E-state index contributed by atoms with van der Waals surface area (Å²) in [4.78, 5) is 14.5.